The van der Waals surface area contributed by atoms with Crippen LogP contribution in [0, 0.1) is 5.92 Å². The van der Waals surface area contributed by atoms with E-state index < -0.39 is 5.60 Å². The zero-order valence-electron chi connectivity index (χ0n) is 8.35. The molecule has 0 rings (SSSR count). The predicted molar refractivity (Wildman–Crippen MR) is 49.6 cm³/mol. The third-order valence-corrected chi connectivity index (χ3v) is 2.82. The van der Waals surface area contributed by atoms with E-state index >= 15 is 0 Å². The first-order valence-electron chi connectivity index (χ1n) is 4.83. The van der Waals surface area contributed by atoms with Gasteiger partial charge in [0.05, 0.1) is 5.60 Å². The van der Waals surface area contributed by atoms with E-state index in [0.717, 1.165) is 25.7 Å². The topological polar surface area (TPSA) is 20.2 Å². The van der Waals surface area contributed by atoms with Gasteiger partial charge in [-0.05, 0) is 18.8 Å². The molecule has 0 fully saturated rings. The molecule has 0 spiro atoms. The van der Waals surface area contributed by atoms with Crippen LogP contribution in [0.15, 0.2) is 0 Å². The highest BCUT2D eigenvalue weighted by Crippen LogP contribution is 2.28. The van der Waals surface area contributed by atoms with Gasteiger partial charge < -0.3 is 5.11 Å². The van der Waals surface area contributed by atoms with E-state index in [-0.39, 0.29) is 0 Å². The van der Waals surface area contributed by atoms with E-state index in [9.17, 15) is 5.11 Å². The lowest BCUT2D eigenvalue weighted by Crippen LogP contribution is -2.35. The Kier molecular flexibility index (Phi) is 4.74. The van der Waals surface area contributed by atoms with E-state index in [1.807, 2.05) is 0 Å². The third-order valence-electron chi connectivity index (χ3n) is 2.82. The molecule has 0 amide bonds. The molecular weight excluding hydrogens is 136 g/mol. The lowest BCUT2D eigenvalue weighted by molar-refractivity contribution is -0.0250. The van der Waals surface area contributed by atoms with Crippen LogP contribution >= 0.6 is 0 Å². The van der Waals surface area contributed by atoms with Gasteiger partial charge in [0.25, 0.3) is 0 Å². The van der Waals surface area contributed by atoms with Crippen LogP contribution in [0.4, 0.5) is 0 Å². The van der Waals surface area contributed by atoms with Crippen molar-refractivity contribution in [3.8, 4) is 0 Å². The Bertz CT molecular complexity index is 101. The second-order valence-electron chi connectivity index (χ2n) is 3.52. The van der Waals surface area contributed by atoms with Crippen molar-refractivity contribution in [1.82, 2.24) is 0 Å². The molecule has 1 nitrogen and oxygen atoms in total. The van der Waals surface area contributed by atoms with Crippen LogP contribution in [0.2, 0.25) is 0 Å². The summed E-state index contributed by atoms with van der Waals surface area (Å²) >= 11 is 0. The first kappa shape index (κ1) is 11.0. The molecule has 0 aromatic rings. The third kappa shape index (κ3) is 2.82. The Morgan fingerprint density at radius 1 is 1.27 bits per heavy atom. The molecule has 11 heavy (non-hydrogen) atoms. The van der Waals surface area contributed by atoms with Crippen molar-refractivity contribution in [2.24, 2.45) is 5.92 Å². The molecule has 2 unspecified atom stereocenters. The zero-order chi connectivity index (χ0) is 8.91. The minimum atomic E-state index is -0.399. The molecule has 0 aliphatic heterocycles. The number of hydrogen-bond acceptors (Lipinski definition) is 1. The fraction of sp³-hybridized carbons (Fsp3) is 1.00. The maximum absolute atomic E-state index is 10.1. The summed E-state index contributed by atoms with van der Waals surface area (Å²) in [6.07, 6.45) is 3.98. The summed E-state index contributed by atoms with van der Waals surface area (Å²) in [5.41, 5.74) is -0.399. The Balaban J connectivity index is 4.07. The zero-order valence-corrected chi connectivity index (χ0v) is 8.35. The van der Waals surface area contributed by atoms with Crippen molar-refractivity contribution in [2.75, 3.05) is 0 Å². The minimum Gasteiger partial charge on any atom is -0.390 e. The quantitative estimate of drug-likeness (QED) is 0.652. The van der Waals surface area contributed by atoms with Crippen LogP contribution in [0.1, 0.15) is 53.4 Å². The molecule has 0 radical (unpaired) electrons. The summed E-state index contributed by atoms with van der Waals surface area (Å²) in [4.78, 5) is 0. The molecule has 0 aromatic carbocycles. The average Bonchev–Trinajstić information content (AvgIpc) is 2.03. The van der Waals surface area contributed by atoms with Crippen molar-refractivity contribution < 1.29 is 5.11 Å². The Labute approximate surface area is 70.8 Å². The van der Waals surface area contributed by atoms with Crippen molar-refractivity contribution in [2.45, 2.75) is 59.0 Å². The maximum atomic E-state index is 10.1. The maximum Gasteiger partial charge on any atom is 0.0670 e. The number of hydrogen-bond donors (Lipinski definition) is 1. The van der Waals surface area contributed by atoms with Crippen LogP contribution in [0.3, 0.4) is 0 Å². The summed E-state index contributed by atoms with van der Waals surface area (Å²) in [7, 11) is 0. The van der Waals surface area contributed by atoms with Gasteiger partial charge in [0.1, 0.15) is 0 Å². The van der Waals surface area contributed by atoms with E-state index in [1.165, 1.54) is 0 Å². The number of rotatable bonds is 5. The van der Waals surface area contributed by atoms with Crippen LogP contribution in [0.5, 0.6) is 0 Å². The SMILES string of the molecule is CCCC(O)(CC)C(C)CC. The molecule has 68 valence electrons. The molecule has 0 bridgehead atoms. The molecule has 1 heteroatoms. The summed E-state index contributed by atoms with van der Waals surface area (Å²) in [5.74, 6) is 0.437. The van der Waals surface area contributed by atoms with Gasteiger partial charge in [-0.25, -0.2) is 0 Å². The summed E-state index contributed by atoms with van der Waals surface area (Å²) in [6.45, 7) is 8.48. The highest BCUT2D eigenvalue weighted by Gasteiger charge is 2.28. The van der Waals surface area contributed by atoms with Crippen molar-refractivity contribution >= 4 is 0 Å². The lowest BCUT2D eigenvalue weighted by Gasteiger charge is -2.32. The summed E-state index contributed by atoms with van der Waals surface area (Å²) < 4.78 is 0. The van der Waals surface area contributed by atoms with E-state index in [2.05, 4.69) is 27.7 Å². The molecule has 1 N–H and O–H groups in total. The monoisotopic (exact) mass is 158 g/mol. The van der Waals surface area contributed by atoms with E-state index in [0.29, 0.717) is 5.92 Å². The highest BCUT2D eigenvalue weighted by atomic mass is 16.3. The normalized spacial score (nSPS) is 19.4. The van der Waals surface area contributed by atoms with E-state index in [1.54, 1.807) is 0 Å². The Morgan fingerprint density at radius 3 is 2.09 bits per heavy atom. The molecular formula is C10H22O. The Hall–Kier alpha value is -0.0400. The van der Waals surface area contributed by atoms with Gasteiger partial charge in [0.15, 0.2) is 0 Å². The van der Waals surface area contributed by atoms with Crippen molar-refractivity contribution in [3.63, 3.8) is 0 Å². The van der Waals surface area contributed by atoms with Crippen LogP contribution < -0.4 is 0 Å². The van der Waals surface area contributed by atoms with Crippen LogP contribution in [-0.4, -0.2) is 10.7 Å². The fourth-order valence-electron chi connectivity index (χ4n) is 1.58. The summed E-state index contributed by atoms with van der Waals surface area (Å²) in [6, 6.07) is 0. The van der Waals surface area contributed by atoms with Crippen LogP contribution in [0.25, 0.3) is 0 Å². The molecule has 0 heterocycles. The molecule has 0 saturated carbocycles. The average molecular weight is 158 g/mol. The van der Waals surface area contributed by atoms with Crippen molar-refractivity contribution in [3.05, 3.63) is 0 Å². The standard InChI is InChI=1S/C10H22O/c1-5-8-10(11,7-3)9(4)6-2/h9,11H,5-8H2,1-4H3. The molecule has 0 saturated heterocycles. The van der Waals surface area contributed by atoms with Gasteiger partial charge in [-0.3, -0.25) is 0 Å². The first-order valence-corrected chi connectivity index (χ1v) is 4.83. The fourth-order valence-corrected chi connectivity index (χ4v) is 1.58. The van der Waals surface area contributed by atoms with Crippen LogP contribution in [-0.2, 0) is 0 Å². The van der Waals surface area contributed by atoms with E-state index in [4.69, 9.17) is 0 Å². The molecule has 2 atom stereocenters. The number of aliphatic hydroxyl groups is 1. The van der Waals surface area contributed by atoms with Gasteiger partial charge in [-0.1, -0.05) is 40.5 Å². The van der Waals surface area contributed by atoms with Crippen molar-refractivity contribution in [1.29, 1.82) is 0 Å². The Morgan fingerprint density at radius 2 is 1.82 bits per heavy atom. The summed E-state index contributed by atoms with van der Waals surface area (Å²) in [5, 5.41) is 10.1. The second kappa shape index (κ2) is 4.76. The first-order chi connectivity index (χ1) is 5.10. The highest BCUT2D eigenvalue weighted by molar-refractivity contribution is 4.81. The molecule has 0 aromatic heterocycles. The van der Waals surface area contributed by atoms with Gasteiger partial charge in [0.2, 0.25) is 0 Å². The molecule has 0 aliphatic carbocycles. The van der Waals surface area contributed by atoms with Gasteiger partial charge in [0, 0.05) is 0 Å². The molecule has 0 aliphatic rings. The smallest absolute Gasteiger partial charge is 0.0670 e. The predicted octanol–water partition coefficient (Wildman–Crippen LogP) is 2.97. The van der Waals surface area contributed by atoms with Gasteiger partial charge >= 0.3 is 0 Å². The minimum absolute atomic E-state index is 0.399. The lowest BCUT2D eigenvalue weighted by atomic mass is 9.81. The second-order valence-corrected chi connectivity index (χ2v) is 3.52. The largest absolute Gasteiger partial charge is 0.390 e. The van der Waals surface area contributed by atoms with Gasteiger partial charge in [-0.15, -0.1) is 0 Å². The van der Waals surface area contributed by atoms with Gasteiger partial charge in [-0.2, -0.15) is 0 Å².